The largest absolute Gasteiger partial charge is 0.462 e. The Kier molecular flexibility index (Phi) is 5.43. The maximum absolute atomic E-state index is 13.9. The van der Waals surface area contributed by atoms with Crippen molar-refractivity contribution < 1.29 is 13.9 Å². The molecule has 2 aromatic heterocycles. The third-order valence-electron chi connectivity index (χ3n) is 3.81. The number of carbonyl (C=O) groups is 1. The van der Waals surface area contributed by atoms with Gasteiger partial charge in [-0.1, -0.05) is 12.1 Å². The standard InChI is InChI=1S/C18H17FN2O3S2/c1-4-24-18(23)14-9(2)13-16(22)20-15(21-17(13)26-14)10(3)25-12-8-6-5-7-11(12)19/h5-8,10H,4H2,1-3H3,(H,20,21,22). The van der Waals surface area contributed by atoms with E-state index in [2.05, 4.69) is 9.97 Å². The minimum absolute atomic E-state index is 0.262. The molecule has 3 rings (SSSR count). The van der Waals surface area contributed by atoms with Crippen LogP contribution in [0.1, 0.15) is 40.2 Å². The number of carbonyl (C=O) groups excluding carboxylic acids is 1. The Morgan fingerprint density at radius 1 is 1.42 bits per heavy atom. The molecule has 0 radical (unpaired) electrons. The number of aromatic nitrogens is 2. The molecule has 5 nitrogen and oxygen atoms in total. The van der Waals surface area contributed by atoms with Gasteiger partial charge < -0.3 is 9.72 Å². The van der Waals surface area contributed by atoms with E-state index in [-0.39, 0.29) is 23.2 Å². The molecule has 0 bridgehead atoms. The number of rotatable bonds is 5. The fourth-order valence-corrected chi connectivity index (χ4v) is 4.56. The number of hydrogen-bond donors (Lipinski definition) is 1. The average Bonchev–Trinajstić information content (AvgIpc) is 2.94. The van der Waals surface area contributed by atoms with Gasteiger partial charge in [0, 0.05) is 4.90 Å². The monoisotopic (exact) mass is 392 g/mol. The van der Waals surface area contributed by atoms with Gasteiger partial charge in [-0.05, 0) is 38.5 Å². The van der Waals surface area contributed by atoms with Crippen LogP contribution in [0.25, 0.3) is 10.2 Å². The van der Waals surface area contributed by atoms with Crippen LogP contribution >= 0.6 is 23.1 Å². The molecule has 8 heteroatoms. The van der Waals surface area contributed by atoms with Gasteiger partial charge in [-0.15, -0.1) is 23.1 Å². The molecule has 136 valence electrons. The average molecular weight is 392 g/mol. The Labute approximate surface area is 157 Å². The SMILES string of the molecule is CCOC(=O)c1sc2nc(C(C)Sc3ccccc3F)[nH]c(=O)c2c1C. The molecule has 2 heterocycles. The topological polar surface area (TPSA) is 72.0 Å². The number of aryl methyl sites for hydroxylation is 1. The van der Waals surface area contributed by atoms with Crippen LogP contribution in [0.3, 0.4) is 0 Å². The smallest absolute Gasteiger partial charge is 0.348 e. The normalized spacial score (nSPS) is 12.3. The first-order valence-corrected chi connectivity index (χ1v) is 9.73. The van der Waals surface area contributed by atoms with E-state index in [1.165, 1.54) is 17.8 Å². The summed E-state index contributed by atoms with van der Waals surface area (Å²) in [4.78, 5) is 33.2. The predicted molar refractivity (Wildman–Crippen MR) is 102 cm³/mol. The Bertz CT molecular complexity index is 1030. The second-order valence-electron chi connectivity index (χ2n) is 5.60. The number of benzene rings is 1. The summed E-state index contributed by atoms with van der Waals surface area (Å²) in [6.07, 6.45) is 0. The molecule has 0 fully saturated rings. The highest BCUT2D eigenvalue weighted by atomic mass is 32.2. The molecule has 0 amide bonds. The van der Waals surface area contributed by atoms with Gasteiger partial charge in [0.15, 0.2) is 0 Å². The van der Waals surface area contributed by atoms with Crippen LogP contribution in [-0.4, -0.2) is 22.5 Å². The molecule has 1 N–H and O–H groups in total. The van der Waals surface area contributed by atoms with Crippen molar-refractivity contribution in [2.45, 2.75) is 30.9 Å². The molecule has 0 aliphatic rings. The first-order chi connectivity index (χ1) is 12.4. The van der Waals surface area contributed by atoms with Gasteiger partial charge >= 0.3 is 5.97 Å². The van der Waals surface area contributed by atoms with Crippen molar-refractivity contribution in [3.05, 3.63) is 56.7 Å². The molecule has 1 atom stereocenters. The molecule has 1 aromatic carbocycles. The predicted octanol–water partition coefficient (Wildman–Crippen LogP) is 4.46. The number of fused-ring (bicyclic) bond motifs is 1. The summed E-state index contributed by atoms with van der Waals surface area (Å²) in [5.74, 6) is -0.334. The molecule has 1 unspecified atom stereocenters. The summed E-state index contributed by atoms with van der Waals surface area (Å²) in [5.41, 5.74) is 0.258. The summed E-state index contributed by atoms with van der Waals surface area (Å²) in [5, 5.41) is 0.127. The lowest BCUT2D eigenvalue weighted by Crippen LogP contribution is -2.13. The van der Waals surface area contributed by atoms with Crippen molar-refractivity contribution in [2.24, 2.45) is 0 Å². The number of nitrogens with one attached hydrogen (secondary N) is 1. The highest BCUT2D eigenvalue weighted by Gasteiger charge is 2.21. The van der Waals surface area contributed by atoms with E-state index in [1.807, 2.05) is 6.92 Å². The number of H-pyrrole nitrogens is 1. The van der Waals surface area contributed by atoms with Crippen molar-refractivity contribution in [1.29, 1.82) is 0 Å². The molecule has 0 aliphatic heterocycles. The maximum Gasteiger partial charge on any atom is 0.348 e. The minimum Gasteiger partial charge on any atom is -0.462 e. The number of aromatic amines is 1. The zero-order chi connectivity index (χ0) is 18.8. The number of esters is 1. The van der Waals surface area contributed by atoms with E-state index < -0.39 is 5.97 Å². The number of halogens is 1. The van der Waals surface area contributed by atoms with Crippen LogP contribution in [0, 0.1) is 12.7 Å². The summed E-state index contributed by atoms with van der Waals surface area (Å²) < 4.78 is 18.9. The van der Waals surface area contributed by atoms with Gasteiger partial charge in [0.25, 0.3) is 5.56 Å². The number of nitrogens with zero attached hydrogens (tertiary/aromatic N) is 1. The Hall–Kier alpha value is -2.19. The van der Waals surface area contributed by atoms with Gasteiger partial charge in [-0.25, -0.2) is 14.2 Å². The molecule has 0 spiro atoms. The van der Waals surface area contributed by atoms with Crippen LogP contribution in [0.15, 0.2) is 34.0 Å². The van der Waals surface area contributed by atoms with Gasteiger partial charge in [0.1, 0.15) is 21.3 Å². The van der Waals surface area contributed by atoms with E-state index in [9.17, 15) is 14.0 Å². The lowest BCUT2D eigenvalue weighted by Gasteiger charge is -2.11. The van der Waals surface area contributed by atoms with Crippen molar-refractivity contribution in [3.63, 3.8) is 0 Å². The third kappa shape index (κ3) is 3.52. The number of thiophene rings is 1. The van der Waals surface area contributed by atoms with Gasteiger partial charge in [0.2, 0.25) is 0 Å². The second-order valence-corrected chi connectivity index (χ2v) is 7.98. The van der Waals surface area contributed by atoms with E-state index in [1.54, 1.807) is 32.0 Å². The molecule has 26 heavy (non-hydrogen) atoms. The summed E-state index contributed by atoms with van der Waals surface area (Å²) in [7, 11) is 0. The zero-order valence-corrected chi connectivity index (χ0v) is 16.1. The van der Waals surface area contributed by atoms with E-state index >= 15 is 0 Å². The van der Waals surface area contributed by atoms with Crippen molar-refractivity contribution in [1.82, 2.24) is 9.97 Å². The quantitative estimate of drug-likeness (QED) is 0.513. The first-order valence-electron chi connectivity index (χ1n) is 8.04. The number of hydrogen-bond acceptors (Lipinski definition) is 6. The van der Waals surface area contributed by atoms with Gasteiger partial charge in [-0.2, -0.15) is 0 Å². The van der Waals surface area contributed by atoms with Gasteiger partial charge in [-0.3, -0.25) is 4.79 Å². The molecular weight excluding hydrogens is 375 g/mol. The molecule has 3 aromatic rings. The molecule has 0 aliphatic carbocycles. The fourth-order valence-electron chi connectivity index (χ4n) is 2.53. The van der Waals surface area contributed by atoms with Crippen LogP contribution in [0.2, 0.25) is 0 Å². The lowest BCUT2D eigenvalue weighted by molar-refractivity contribution is 0.0531. The Morgan fingerprint density at radius 2 is 2.15 bits per heavy atom. The van der Waals surface area contributed by atoms with E-state index in [0.29, 0.717) is 31.4 Å². The maximum atomic E-state index is 13.9. The van der Waals surface area contributed by atoms with Crippen molar-refractivity contribution in [2.75, 3.05) is 6.61 Å². The Morgan fingerprint density at radius 3 is 2.85 bits per heavy atom. The molecular formula is C18H17FN2O3S2. The number of thioether (sulfide) groups is 1. The van der Waals surface area contributed by atoms with Crippen LogP contribution in [-0.2, 0) is 4.74 Å². The zero-order valence-electron chi connectivity index (χ0n) is 14.5. The minimum atomic E-state index is -0.456. The fraction of sp³-hybridized carbons (Fsp3) is 0.278. The summed E-state index contributed by atoms with van der Waals surface area (Å²) >= 11 is 2.41. The highest BCUT2D eigenvalue weighted by molar-refractivity contribution is 7.99. The van der Waals surface area contributed by atoms with Crippen molar-refractivity contribution in [3.8, 4) is 0 Å². The van der Waals surface area contributed by atoms with Crippen LogP contribution in [0.5, 0.6) is 0 Å². The van der Waals surface area contributed by atoms with E-state index in [0.717, 1.165) is 11.3 Å². The van der Waals surface area contributed by atoms with E-state index in [4.69, 9.17) is 4.74 Å². The molecule has 0 saturated heterocycles. The first kappa shape index (κ1) is 18.6. The number of ether oxygens (including phenoxy) is 1. The second kappa shape index (κ2) is 7.59. The van der Waals surface area contributed by atoms with Crippen LogP contribution in [0.4, 0.5) is 4.39 Å². The summed E-state index contributed by atoms with van der Waals surface area (Å²) in [6.45, 7) is 5.54. The van der Waals surface area contributed by atoms with Crippen molar-refractivity contribution >= 4 is 39.3 Å². The van der Waals surface area contributed by atoms with Gasteiger partial charge in [0.05, 0.1) is 17.2 Å². The lowest BCUT2D eigenvalue weighted by atomic mass is 10.2. The highest BCUT2D eigenvalue weighted by Crippen LogP contribution is 2.35. The molecule has 0 saturated carbocycles. The van der Waals surface area contributed by atoms with Crippen LogP contribution < -0.4 is 5.56 Å². The third-order valence-corrected chi connectivity index (χ3v) is 6.13. The Balaban J connectivity index is 1.99. The summed E-state index contributed by atoms with van der Waals surface area (Å²) in [6, 6.07) is 6.46.